The quantitative estimate of drug-likeness (QED) is 0.736. The van der Waals surface area contributed by atoms with Crippen LogP contribution in [0.3, 0.4) is 0 Å². The van der Waals surface area contributed by atoms with Crippen molar-refractivity contribution in [2.75, 3.05) is 22.6 Å². The first kappa shape index (κ1) is 19.9. The van der Waals surface area contributed by atoms with Crippen molar-refractivity contribution >= 4 is 33.2 Å². The molecule has 0 saturated carbocycles. The van der Waals surface area contributed by atoms with Crippen LogP contribution >= 0.6 is 11.8 Å². The minimum Gasteiger partial charge on any atom is -0.325 e. The predicted molar refractivity (Wildman–Crippen MR) is 107 cm³/mol. The number of amides is 1. The number of thioether (sulfide) groups is 1. The van der Waals surface area contributed by atoms with Crippen molar-refractivity contribution < 1.29 is 13.2 Å². The summed E-state index contributed by atoms with van der Waals surface area (Å²) >= 11 is 1.32. The molecule has 1 amide bonds. The van der Waals surface area contributed by atoms with Crippen LogP contribution in [-0.4, -0.2) is 46.3 Å². The van der Waals surface area contributed by atoms with Crippen LogP contribution in [0.4, 0.5) is 5.69 Å². The molecule has 146 valence electrons. The van der Waals surface area contributed by atoms with Gasteiger partial charge in [0, 0.05) is 19.2 Å². The topological polar surface area (TPSA) is 94.0 Å². The molecule has 0 radical (unpaired) electrons. The summed E-state index contributed by atoms with van der Waals surface area (Å²) in [5, 5.41) is 11.9. The summed E-state index contributed by atoms with van der Waals surface area (Å²) in [6, 6.07) is 5.82. The Balaban J connectivity index is 1.54. The van der Waals surface area contributed by atoms with E-state index in [0.717, 1.165) is 17.1 Å². The predicted octanol–water partition coefficient (Wildman–Crippen LogP) is 2.14. The van der Waals surface area contributed by atoms with Gasteiger partial charge in [0.15, 0.2) is 15.0 Å². The molecule has 0 aliphatic carbocycles. The lowest BCUT2D eigenvalue weighted by Gasteiger charge is -2.08. The van der Waals surface area contributed by atoms with Gasteiger partial charge in [0.1, 0.15) is 5.82 Å². The van der Waals surface area contributed by atoms with Gasteiger partial charge in [-0.2, -0.15) is 0 Å². The van der Waals surface area contributed by atoms with Gasteiger partial charge in [0.05, 0.1) is 17.3 Å². The first-order chi connectivity index (χ1) is 12.7. The average Bonchev–Trinajstić information content (AvgIpc) is 3.12. The molecule has 27 heavy (non-hydrogen) atoms. The first-order valence-electron chi connectivity index (χ1n) is 8.82. The lowest BCUT2D eigenvalue weighted by Crippen LogP contribution is -2.15. The second-order valence-corrected chi connectivity index (χ2v) is 10.2. The summed E-state index contributed by atoms with van der Waals surface area (Å²) in [7, 11) is -1.04. The van der Waals surface area contributed by atoms with Gasteiger partial charge in [-0.1, -0.05) is 17.8 Å². The van der Waals surface area contributed by atoms with Crippen LogP contribution in [0.5, 0.6) is 0 Å². The van der Waals surface area contributed by atoms with Gasteiger partial charge in [-0.25, -0.2) is 8.42 Å². The summed E-state index contributed by atoms with van der Waals surface area (Å²) in [6.45, 7) is 4.04. The largest absolute Gasteiger partial charge is 0.325 e. The van der Waals surface area contributed by atoms with E-state index in [2.05, 4.69) is 15.5 Å². The number of rotatable bonds is 6. The Labute approximate surface area is 163 Å². The third-order valence-electron chi connectivity index (χ3n) is 4.85. The fourth-order valence-electron chi connectivity index (χ4n) is 3.09. The zero-order chi connectivity index (χ0) is 19.6. The third-order valence-corrected chi connectivity index (χ3v) is 7.70. The lowest BCUT2D eigenvalue weighted by atomic mass is 10.1. The van der Waals surface area contributed by atoms with Crippen LogP contribution < -0.4 is 5.32 Å². The van der Waals surface area contributed by atoms with E-state index in [1.54, 1.807) is 0 Å². The van der Waals surface area contributed by atoms with E-state index < -0.39 is 9.84 Å². The van der Waals surface area contributed by atoms with E-state index in [1.807, 2.05) is 43.7 Å². The molecular formula is C18H24N4O3S2. The molecule has 1 atom stereocenters. The normalized spacial score (nSPS) is 18.6. The van der Waals surface area contributed by atoms with Gasteiger partial charge in [-0.3, -0.25) is 4.79 Å². The number of carbonyl (C=O) groups is 1. The zero-order valence-corrected chi connectivity index (χ0v) is 17.4. The molecule has 1 aliphatic heterocycles. The number of benzene rings is 1. The van der Waals surface area contributed by atoms with Crippen molar-refractivity contribution in [3.05, 3.63) is 35.2 Å². The van der Waals surface area contributed by atoms with Crippen molar-refractivity contribution in [1.29, 1.82) is 0 Å². The number of carbonyl (C=O) groups excluding carboxylic acids is 1. The number of hydrogen-bond acceptors (Lipinski definition) is 6. The molecule has 2 aromatic rings. The Morgan fingerprint density at radius 1 is 1.30 bits per heavy atom. The van der Waals surface area contributed by atoms with Gasteiger partial charge in [-0.05, 0) is 49.4 Å². The number of nitrogens with one attached hydrogen (secondary N) is 1. The molecule has 1 N–H and O–H groups in total. The van der Waals surface area contributed by atoms with Crippen LogP contribution in [0.1, 0.15) is 23.4 Å². The third kappa shape index (κ3) is 5.10. The molecule has 1 aromatic carbocycles. The summed E-state index contributed by atoms with van der Waals surface area (Å²) < 4.78 is 25.0. The van der Waals surface area contributed by atoms with Gasteiger partial charge >= 0.3 is 0 Å². The van der Waals surface area contributed by atoms with Crippen LogP contribution in [-0.2, 0) is 28.1 Å². The fourth-order valence-corrected chi connectivity index (χ4v) is 5.68. The Hall–Kier alpha value is -1.87. The minimum atomic E-state index is -2.89. The molecule has 1 aliphatic rings. The van der Waals surface area contributed by atoms with E-state index in [9.17, 15) is 13.2 Å². The molecular weight excluding hydrogens is 384 g/mol. The minimum absolute atomic E-state index is 0.101. The molecule has 1 unspecified atom stereocenters. The molecule has 2 heterocycles. The second kappa shape index (κ2) is 8.02. The number of anilines is 1. The fraction of sp³-hybridized carbons (Fsp3) is 0.500. The van der Waals surface area contributed by atoms with Crippen LogP contribution in [0.15, 0.2) is 23.4 Å². The van der Waals surface area contributed by atoms with E-state index in [4.69, 9.17) is 0 Å². The SMILES string of the molecule is Cc1ccc(NC(=O)CSc2nnc(CC3CCS(=O)(=O)C3)n2C)cc1C. The highest BCUT2D eigenvalue weighted by molar-refractivity contribution is 7.99. The lowest BCUT2D eigenvalue weighted by molar-refractivity contribution is -0.113. The molecule has 1 fully saturated rings. The van der Waals surface area contributed by atoms with Crippen molar-refractivity contribution in [2.45, 2.75) is 31.8 Å². The van der Waals surface area contributed by atoms with Gasteiger partial charge in [0.25, 0.3) is 0 Å². The van der Waals surface area contributed by atoms with E-state index in [-0.39, 0.29) is 29.1 Å². The number of hydrogen-bond donors (Lipinski definition) is 1. The molecule has 1 aromatic heterocycles. The number of aromatic nitrogens is 3. The molecule has 7 nitrogen and oxygen atoms in total. The Morgan fingerprint density at radius 2 is 2.07 bits per heavy atom. The van der Waals surface area contributed by atoms with Crippen molar-refractivity contribution in [3.8, 4) is 0 Å². The summed E-state index contributed by atoms with van der Waals surface area (Å²) in [6.07, 6.45) is 1.27. The standard InChI is InChI=1S/C18H24N4O3S2/c1-12-4-5-15(8-13(12)2)19-17(23)10-26-18-21-20-16(22(18)3)9-14-6-7-27(24,25)11-14/h4-5,8,14H,6-7,9-11H2,1-3H3,(H,19,23). The van der Waals surface area contributed by atoms with Crippen LogP contribution in [0.25, 0.3) is 0 Å². The first-order valence-corrected chi connectivity index (χ1v) is 11.6. The highest BCUT2D eigenvalue weighted by Crippen LogP contribution is 2.24. The van der Waals surface area contributed by atoms with Crippen LogP contribution in [0.2, 0.25) is 0 Å². The van der Waals surface area contributed by atoms with Crippen molar-refractivity contribution in [3.63, 3.8) is 0 Å². The Kier molecular flexibility index (Phi) is 5.90. The van der Waals surface area contributed by atoms with Crippen molar-refractivity contribution in [2.24, 2.45) is 13.0 Å². The maximum Gasteiger partial charge on any atom is 0.234 e. The number of sulfone groups is 1. The molecule has 9 heteroatoms. The highest BCUT2D eigenvalue weighted by atomic mass is 32.2. The summed E-state index contributed by atoms with van der Waals surface area (Å²) in [5.41, 5.74) is 3.10. The maximum absolute atomic E-state index is 12.2. The van der Waals surface area contributed by atoms with Crippen molar-refractivity contribution in [1.82, 2.24) is 14.8 Å². The van der Waals surface area contributed by atoms with Gasteiger partial charge in [0.2, 0.25) is 5.91 Å². The van der Waals surface area contributed by atoms with Gasteiger partial charge < -0.3 is 9.88 Å². The summed E-state index contributed by atoms with van der Waals surface area (Å²) in [4.78, 5) is 12.2. The smallest absolute Gasteiger partial charge is 0.234 e. The van der Waals surface area contributed by atoms with E-state index in [0.29, 0.717) is 18.0 Å². The van der Waals surface area contributed by atoms with E-state index >= 15 is 0 Å². The monoisotopic (exact) mass is 408 g/mol. The number of aryl methyl sites for hydroxylation is 2. The summed E-state index contributed by atoms with van der Waals surface area (Å²) in [5.74, 6) is 1.47. The number of nitrogens with zero attached hydrogens (tertiary/aromatic N) is 3. The average molecular weight is 409 g/mol. The maximum atomic E-state index is 12.2. The molecule has 0 bridgehead atoms. The van der Waals surface area contributed by atoms with Gasteiger partial charge in [-0.15, -0.1) is 10.2 Å². The Morgan fingerprint density at radius 3 is 2.74 bits per heavy atom. The Bertz CT molecular complexity index is 954. The zero-order valence-electron chi connectivity index (χ0n) is 15.7. The second-order valence-electron chi connectivity index (χ2n) is 7.07. The van der Waals surface area contributed by atoms with E-state index in [1.165, 1.54) is 17.3 Å². The molecule has 1 saturated heterocycles. The molecule has 0 spiro atoms. The highest BCUT2D eigenvalue weighted by Gasteiger charge is 2.29. The molecule has 3 rings (SSSR count). The van der Waals surface area contributed by atoms with Crippen LogP contribution in [0, 0.1) is 19.8 Å².